The Balaban J connectivity index is 1.83. The Kier molecular flexibility index (Phi) is 5.43. The number of hydrogen-bond donors (Lipinski definition) is 3. The molecule has 2 aromatic heterocycles. The molecule has 0 fully saturated rings. The molecule has 0 bridgehead atoms. The minimum Gasteiger partial charge on any atom is -0.395 e. The number of aromatic nitrogens is 4. The van der Waals surface area contributed by atoms with Crippen LogP contribution in [0.3, 0.4) is 0 Å². The number of hydrogen-bond acceptors (Lipinski definition) is 5. The van der Waals surface area contributed by atoms with Gasteiger partial charge in [-0.15, -0.1) is 0 Å². The number of rotatable bonds is 5. The van der Waals surface area contributed by atoms with Crippen LogP contribution in [0.15, 0.2) is 24.7 Å². The largest absolute Gasteiger partial charge is 0.395 e. The molecule has 7 heteroatoms. The van der Waals surface area contributed by atoms with Crippen LogP contribution in [0.1, 0.15) is 28.3 Å². The van der Waals surface area contributed by atoms with E-state index in [1.807, 2.05) is 0 Å². The predicted molar refractivity (Wildman–Crippen MR) is 75.2 cm³/mol. The fraction of sp³-hybridized carbons (Fsp3) is 0.286. The van der Waals surface area contributed by atoms with Crippen molar-refractivity contribution in [2.45, 2.75) is 12.8 Å². The maximum atomic E-state index is 11.9. The lowest BCUT2D eigenvalue weighted by Gasteiger charge is -2.03. The second-order valence-corrected chi connectivity index (χ2v) is 4.15. The first-order valence-corrected chi connectivity index (χ1v) is 6.48. The molecule has 21 heavy (non-hydrogen) atoms. The normalized spacial score (nSPS) is 9.76. The first kappa shape index (κ1) is 14.7. The number of carbonyl (C=O) groups excluding carboxylic acids is 1. The Hall–Kier alpha value is -2.72. The van der Waals surface area contributed by atoms with Crippen molar-refractivity contribution in [2.75, 3.05) is 13.2 Å². The van der Waals surface area contributed by atoms with Crippen LogP contribution in [0, 0.1) is 11.8 Å². The topological polar surface area (TPSA) is 104 Å². The van der Waals surface area contributed by atoms with Gasteiger partial charge in [0, 0.05) is 31.1 Å². The van der Waals surface area contributed by atoms with Crippen LogP contribution in [0.25, 0.3) is 0 Å². The van der Waals surface area contributed by atoms with Gasteiger partial charge in [0.2, 0.25) is 0 Å². The van der Waals surface area contributed by atoms with E-state index in [0.717, 1.165) is 5.82 Å². The van der Waals surface area contributed by atoms with Crippen molar-refractivity contribution in [3.05, 3.63) is 41.7 Å². The van der Waals surface area contributed by atoms with Gasteiger partial charge in [0.15, 0.2) is 0 Å². The van der Waals surface area contributed by atoms with Gasteiger partial charge in [0.1, 0.15) is 17.8 Å². The van der Waals surface area contributed by atoms with Gasteiger partial charge in [0.25, 0.3) is 5.91 Å². The molecular formula is C14H15N5O2. The molecular weight excluding hydrogens is 270 g/mol. The van der Waals surface area contributed by atoms with Gasteiger partial charge in [-0.25, -0.2) is 9.97 Å². The number of aliphatic hydroxyl groups is 1. The van der Waals surface area contributed by atoms with Gasteiger partial charge in [0.05, 0.1) is 6.61 Å². The molecule has 2 aromatic rings. The SMILES string of the molecule is O=C(NCCc1ncn[nH]1)c1ccc(C#CCCO)cn1. The quantitative estimate of drug-likeness (QED) is 0.666. The molecule has 108 valence electrons. The highest BCUT2D eigenvalue weighted by molar-refractivity contribution is 5.92. The molecule has 0 spiro atoms. The summed E-state index contributed by atoms with van der Waals surface area (Å²) < 4.78 is 0. The van der Waals surface area contributed by atoms with Crippen molar-refractivity contribution < 1.29 is 9.90 Å². The molecule has 1 amide bonds. The summed E-state index contributed by atoms with van der Waals surface area (Å²) >= 11 is 0. The van der Waals surface area contributed by atoms with Crippen molar-refractivity contribution in [2.24, 2.45) is 0 Å². The average Bonchev–Trinajstić information content (AvgIpc) is 3.01. The molecule has 7 nitrogen and oxygen atoms in total. The van der Waals surface area contributed by atoms with E-state index in [1.54, 1.807) is 12.1 Å². The number of nitrogens with one attached hydrogen (secondary N) is 2. The number of aromatic amines is 1. The van der Waals surface area contributed by atoms with Crippen molar-refractivity contribution in [3.8, 4) is 11.8 Å². The van der Waals surface area contributed by atoms with E-state index in [9.17, 15) is 4.79 Å². The molecule has 0 aliphatic carbocycles. The van der Waals surface area contributed by atoms with E-state index in [1.165, 1.54) is 12.5 Å². The number of H-pyrrole nitrogens is 1. The number of amides is 1. The zero-order chi connectivity index (χ0) is 14.9. The highest BCUT2D eigenvalue weighted by atomic mass is 16.2. The Morgan fingerprint density at radius 3 is 2.95 bits per heavy atom. The molecule has 2 heterocycles. The van der Waals surface area contributed by atoms with E-state index >= 15 is 0 Å². The maximum absolute atomic E-state index is 11.9. The molecule has 0 aliphatic heterocycles. The van der Waals surface area contributed by atoms with Crippen molar-refractivity contribution in [3.63, 3.8) is 0 Å². The van der Waals surface area contributed by atoms with Crippen molar-refractivity contribution >= 4 is 5.91 Å². The summed E-state index contributed by atoms with van der Waals surface area (Å²) in [5.74, 6) is 6.12. The summed E-state index contributed by atoms with van der Waals surface area (Å²) in [6, 6.07) is 3.34. The van der Waals surface area contributed by atoms with Crippen LogP contribution < -0.4 is 5.32 Å². The smallest absolute Gasteiger partial charge is 0.269 e. The second-order valence-electron chi connectivity index (χ2n) is 4.15. The van der Waals surface area contributed by atoms with Gasteiger partial charge < -0.3 is 10.4 Å². The number of pyridine rings is 1. The summed E-state index contributed by atoms with van der Waals surface area (Å²) in [6.45, 7) is 0.486. The van der Waals surface area contributed by atoms with Crippen molar-refractivity contribution in [1.82, 2.24) is 25.5 Å². The Bertz CT molecular complexity index is 626. The first-order valence-electron chi connectivity index (χ1n) is 6.48. The van der Waals surface area contributed by atoms with Crippen molar-refractivity contribution in [1.29, 1.82) is 0 Å². The summed E-state index contributed by atoms with van der Waals surface area (Å²) in [4.78, 5) is 19.9. The Morgan fingerprint density at radius 1 is 1.38 bits per heavy atom. The molecule has 0 unspecified atom stereocenters. The summed E-state index contributed by atoms with van der Waals surface area (Å²) in [5.41, 5.74) is 1.04. The van der Waals surface area contributed by atoms with E-state index in [2.05, 4.69) is 37.3 Å². The average molecular weight is 285 g/mol. The molecule has 0 aliphatic rings. The van der Waals surface area contributed by atoms with E-state index in [-0.39, 0.29) is 12.5 Å². The molecule has 0 saturated heterocycles. The van der Waals surface area contributed by atoms with Gasteiger partial charge >= 0.3 is 0 Å². The molecule has 3 N–H and O–H groups in total. The summed E-state index contributed by atoms with van der Waals surface area (Å²) in [5, 5.41) is 17.8. The Morgan fingerprint density at radius 2 is 2.29 bits per heavy atom. The third-order valence-corrected chi connectivity index (χ3v) is 2.58. The maximum Gasteiger partial charge on any atom is 0.269 e. The van der Waals surface area contributed by atoms with Crippen LogP contribution in [0.4, 0.5) is 0 Å². The third-order valence-electron chi connectivity index (χ3n) is 2.58. The minimum atomic E-state index is -0.246. The van der Waals surface area contributed by atoms with Gasteiger partial charge in [-0.1, -0.05) is 11.8 Å². The first-order chi connectivity index (χ1) is 10.3. The highest BCUT2D eigenvalue weighted by Gasteiger charge is 2.06. The fourth-order valence-electron chi connectivity index (χ4n) is 1.56. The van der Waals surface area contributed by atoms with Crippen LogP contribution in [-0.4, -0.2) is 44.3 Å². The number of aliphatic hydroxyl groups excluding tert-OH is 1. The monoisotopic (exact) mass is 285 g/mol. The van der Waals surface area contributed by atoms with Crippen LogP contribution in [0.2, 0.25) is 0 Å². The molecule has 0 radical (unpaired) electrons. The van der Waals surface area contributed by atoms with Gasteiger partial charge in [-0.3, -0.25) is 9.89 Å². The third kappa shape index (κ3) is 4.71. The molecule has 0 atom stereocenters. The predicted octanol–water partition coefficient (Wildman–Crippen LogP) is -0.0939. The number of carbonyl (C=O) groups is 1. The lowest BCUT2D eigenvalue weighted by atomic mass is 10.2. The minimum absolute atomic E-state index is 0.0338. The lowest BCUT2D eigenvalue weighted by Crippen LogP contribution is -2.26. The molecule has 0 aromatic carbocycles. The highest BCUT2D eigenvalue weighted by Crippen LogP contribution is 1.99. The van der Waals surface area contributed by atoms with Crippen LogP contribution >= 0.6 is 0 Å². The molecule has 2 rings (SSSR count). The van der Waals surface area contributed by atoms with E-state index in [0.29, 0.717) is 30.6 Å². The zero-order valence-corrected chi connectivity index (χ0v) is 11.3. The Labute approximate surface area is 121 Å². The number of nitrogens with zero attached hydrogens (tertiary/aromatic N) is 3. The summed E-state index contributed by atoms with van der Waals surface area (Å²) in [6.07, 6.45) is 3.96. The standard InChI is InChI=1S/C14H15N5O2/c20-8-2-1-3-11-4-5-12(16-9-11)14(21)15-7-6-13-17-10-18-19-13/h4-5,9-10,20H,2,6-8H2,(H,15,21)(H,17,18,19). The van der Waals surface area contributed by atoms with Gasteiger partial charge in [-0.2, -0.15) is 5.10 Å². The van der Waals surface area contributed by atoms with Crippen LogP contribution in [-0.2, 0) is 6.42 Å². The van der Waals surface area contributed by atoms with Crippen LogP contribution in [0.5, 0.6) is 0 Å². The van der Waals surface area contributed by atoms with E-state index in [4.69, 9.17) is 5.11 Å². The lowest BCUT2D eigenvalue weighted by molar-refractivity contribution is 0.0949. The molecule has 0 saturated carbocycles. The second kappa shape index (κ2) is 7.77. The van der Waals surface area contributed by atoms with E-state index < -0.39 is 0 Å². The van der Waals surface area contributed by atoms with Gasteiger partial charge in [-0.05, 0) is 12.1 Å². The fourth-order valence-corrected chi connectivity index (χ4v) is 1.56. The summed E-state index contributed by atoms with van der Waals surface area (Å²) in [7, 11) is 0. The zero-order valence-electron chi connectivity index (χ0n) is 11.3.